The van der Waals surface area contributed by atoms with Crippen LogP contribution in [0.5, 0.6) is 0 Å². The summed E-state index contributed by atoms with van der Waals surface area (Å²) < 4.78 is 57.8. The van der Waals surface area contributed by atoms with E-state index in [1.54, 1.807) is 24.5 Å². The van der Waals surface area contributed by atoms with Crippen molar-refractivity contribution in [1.29, 1.82) is 0 Å². The van der Waals surface area contributed by atoms with Gasteiger partial charge in [0.2, 0.25) is 0 Å². The Bertz CT molecular complexity index is 1420. The molecule has 0 radical (unpaired) electrons. The first-order chi connectivity index (χ1) is 18.5. The fourth-order valence-corrected chi connectivity index (χ4v) is 6.50. The van der Waals surface area contributed by atoms with Crippen LogP contribution in [0, 0.1) is 5.92 Å². The molecular weight excluding hydrogens is 510 g/mol. The first-order valence-electron chi connectivity index (χ1n) is 13.3. The molecule has 1 N–H and O–H groups in total. The Morgan fingerprint density at radius 3 is 2.54 bits per heavy atom. The average Bonchev–Trinajstić information content (AvgIpc) is 3.44. The fraction of sp³-hybridized carbons (Fsp3) is 0.483. The van der Waals surface area contributed by atoms with Gasteiger partial charge in [-0.25, -0.2) is 0 Å². The Hall–Kier alpha value is -3.27. The summed E-state index contributed by atoms with van der Waals surface area (Å²) in [5, 5.41) is 11.7. The molecule has 2 saturated carbocycles. The van der Waals surface area contributed by atoms with Crippen molar-refractivity contribution in [2.24, 2.45) is 13.0 Å². The molecule has 0 bridgehead atoms. The maximum Gasteiger partial charge on any atom is 0.416 e. The maximum absolute atomic E-state index is 14.2. The van der Waals surface area contributed by atoms with Crippen LogP contribution in [0.2, 0.25) is 0 Å². The van der Waals surface area contributed by atoms with Gasteiger partial charge < -0.3 is 14.8 Å². The number of amides is 1. The van der Waals surface area contributed by atoms with Gasteiger partial charge in [-0.05, 0) is 85.9 Å². The number of carbonyl (C=O) groups excluding carboxylic acids is 1. The van der Waals surface area contributed by atoms with Crippen LogP contribution in [0.25, 0.3) is 0 Å². The number of nitrogens with one attached hydrogen (secondary N) is 1. The lowest BCUT2D eigenvalue weighted by atomic mass is 9.58. The van der Waals surface area contributed by atoms with Gasteiger partial charge in [-0.15, -0.1) is 10.2 Å². The monoisotopic (exact) mass is 541 g/mol. The molecule has 2 fully saturated rings. The first kappa shape index (κ1) is 26.0. The molecule has 0 saturated heterocycles. The summed E-state index contributed by atoms with van der Waals surface area (Å²) in [6.07, 6.45) is 1.16. The van der Waals surface area contributed by atoms with Gasteiger partial charge in [-0.3, -0.25) is 9.18 Å². The fourth-order valence-electron chi connectivity index (χ4n) is 6.50. The zero-order valence-electron chi connectivity index (χ0n) is 22.0. The highest BCUT2D eigenvalue weighted by molar-refractivity contribution is 6.10. The van der Waals surface area contributed by atoms with E-state index in [1.807, 2.05) is 23.7 Å². The summed E-state index contributed by atoms with van der Waals surface area (Å²) in [5.74, 6) is 0.149. The molecule has 1 amide bonds. The number of aromatic nitrogens is 3. The van der Waals surface area contributed by atoms with Crippen LogP contribution in [-0.2, 0) is 31.7 Å². The predicted molar refractivity (Wildman–Crippen MR) is 138 cm³/mol. The Morgan fingerprint density at radius 1 is 1.15 bits per heavy atom. The third-order valence-electron chi connectivity index (χ3n) is 8.93. The van der Waals surface area contributed by atoms with Gasteiger partial charge in [-0.1, -0.05) is 12.1 Å². The number of nitrogens with zero attached hydrogens (tertiary/aromatic N) is 4. The van der Waals surface area contributed by atoms with E-state index >= 15 is 0 Å². The lowest BCUT2D eigenvalue weighted by molar-refractivity contribution is -0.138. The first-order valence-corrected chi connectivity index (χ1v) is 13.3. The number of hydrogen-bond donors (Lipinski definition) is 1. The molecule has 1 aliphatic heterocycles. The highest BCUT2D eigenvalue weighted by atomic mass is 19.4. The largest absolute Gasteiger partial charge is 0.416 e. The minimum absolute atomic E-state index is 0.000612. The molecule has 0 spiro atoms. The molecule has 2 aromatic carbocycles. The summed E-state index contributed by atoms with van der Waals surface area (Å²) >= 11 is 0. The number of carbonyl (C=O) groups is 1. The van der Waals surface area contributed by atoms with Gasteiger partial charge >= 0.3 is 6.18 Å². The summed E-state index contributed by atoms with van der Waals surface area (Å²) in [6, 6.07) is 10.0. The summed E-state index contributed by atoms with van der Waals surface area (Å²) in [7, 11) is 1.83. The van der Waals surface area contributed by atoms with Crippen molar-refractivity contribution in [2.75, 3.05) is 11.6 Å². The molecule has 10 heteroatoms. The number of alkyl halides is 4. The Kier molecular flexibility index (Phi) is 6.09. The van der Waals surface area contributed by atoms with E-state index in [2.05, 4.69) is 22.4 Å². The zero-order valence-corrected chi connectivity index (χ0v) is 22.0. The second-order valence-electron chi connectivity index (χ2n) is 11.7. The molecule has 2 aliphatic carbocycles. The van der Waals surface area contributed by atoms with Crippen LogP contribution in [0.1, 0.15) is 77.5 Å². The quantitative estimate of drug-likeness (QED) is 0.391. The zero-order chi connectivity index (χ0) is 27.6. The van der Waals surface area contributed by atoms with Gasteiger partial charge in [0.05, 0.1) is 24.2 Å². The Labute approximate surface area is 224 Å². The van der Waals surface area contributed by atoms with Crippen LogP contribution < -0.4 is 10.2 Å². The molecule has 0 unspecified atom stereocenters. The lowest BCUT2D eigenvalue weighted by Crippen LogP contribution is -2.47. The third kappa shape index (κ3) is 4.33. The maximum atomic E-state index is 14.2. The second kappa shape index (κ2) is 9.15. The van der Waals surface area contributed by atoms with Gasteiger partial charge in [0, 0.05) is 30.4 Å². The van der Waals surface area contributed by atoms with E-state index in [9.17, 15) is 22.4 Å². The third-order valence-corrected chi connectivity index (χ3v) is 8.93. The molecule has 2 heterocycles. The van der Waals surface area contributed by atoms with Crippen molar-refractivity contribution >= 4 is 11.6 Å². The molecule has 1 aromatic heterocycles. The minimum atomic E-state index is -4.58. The van der Waals surface area contributed by atoms with E-state index in [0.717, 1.165) is 24.8 Å². The number of anilines is 1. The van der Waals surface area contributed by atoms with Crippen LogP contribution in [0.3, 0.4) is 0 Å². The van der Waals surface area contributed by atoms with E-state index in [-0.39, 0.29) is 35.7 Å². The van der Waals surface area contributed by atoms with Crippen LogP contribution in [-0.4, -0.2) is 32.9 Å². The Balaban J connectivity index is 1.34. The van der Waals surface area contributed by atoms with Gasteiger partial charge in [0.25, 0.3) is 5.91 Å². The molecule has 6 rings (SSSR count). The lowest BCUT2D eigenvalue weighted by Gasteiger charge is -2.46. The highest BCUT2D eigenvalue weighted by Crippen LogP contribution is 2.52. The number of fused-ring (bicyclic) bond motifs is 1. The highest BCUT2D eigenvalue weighted by Gasteiger charge is 2.50. The molecule has 6 nitrogen and oxygen atoms in total. The summed E-state index contributed by atoms with van der Waals surface area (Å²) in [6.45, 7) is 1.74. The van der Waals surface area contributed by atoms with Crippen molar-refractivity contribution in [3.8, 4) is 0 Å². The van der Waals surface area contributed by atoms with E-state index in [4.69, 9.17) is 0 Å². The molecular formula is C29H31F4N5O. The van der Waals surface area contributed by atoms with E-state index in [1.165, 1.54) is 11.0 Å². The molecule has 3 aliphatic rings. The SMILES string of the molecule is Cn1cnnc1C1(c2cccc(N3Cc4c(cc(CNC5(C)CCC5)cc4C(F)(F)F)C3=O)c2)CC(CF)C1. The smallest absolute Gasteiger partial charge is 0.320 e. The van der Waals surface area contributed by atoms with E-state index in [0.29, 0.717) is 29.9 Å². The van der Waals surface area contributed by atoms with Gasteiger partial charge in [0.15, 0.2) is 0 Å². The second-order valence-corrected chi connectivity index (χ2v) is 11.7. The van der Waals surface area contributed by atoms with Crippen LogP contribution >= 0.6 is 0 Å². The molecule has 3 aromatic rings. The summed E-state index contributed by atoms with van der Waals surface area (Å²) in [4.78, 5) is 15.0. The van der Waals surface area contributed by atoms with Crippen molar-refractivity contribution in [2.45, 2.75) is 69.2 Å². The molecule has 206 valence electrons. The number of rotatable bonds is 7. The number of benzene rings is 2. The minimum Gasteiger partial charge on any atom is -0.320 e. The van der Waals surface area contributed by atoms with Crippen molar-refractivity contribution in [1.82, 2.24) is 20.1 Å². The van der Waals surface area contributed by atoms with Crippen molar-refractivity contribution in [3.05, 3.63) is 76.4 Å². The number of aryl methyl sites for hydroxylation is 1. The van der Waals surface area contributed by atoms with Crippen LogP contribution in [0.15, 0.2) is 42.7 Å². The van der Waals surface area contributed by atoms with E-state index < -0.39 is 29.7 Å². The Morgan fingerprint density at radius 2 is 1.92 bits per heavy atom. The molecule has 39 heavy (non-hydrogen) atoms. The van der Waals surface area contributed by atoms with Gasteiger partial charge in [0.1, 0.15) is 12.2 Å². The predicted octanol–water partition coefficient (Wildman–Crippen LogP) is 5.69. The van der Waals surface area contributed by atoms with Gasteiger partial charge in [-0.2, -0.15) is 13.2 Å². The van der Waals surface area contributed by atoms with Crippen LogP contribution in [0.4, 0.5) is 23.2 Å². The molecule has 0 atom stereocenters. The van der Waals surface area contributed by atoms with Crippen molar-refractivity contribution < 1.29 is 22.4 Å². The summed E-state index contributed by atoms with van der Waals surface area (Å²) in [5.41, 5.74) is 0.494. The number of hydrogen-bond acceptors (Lipinski definition) is 4. The normalized spacial score (nSPS) is 23.9. The van der Waals surface area contributed by atoms with Crippen molar-refractivity contribution in [3.63, 3.8) is 0 Å². The number of halogens is 4. The average molecular weight is 542 g/mol. The standard InChI is InChI=1S/C29H31F4N5O/c1-27(7-4-8-27)34-15-18-9-22-23(24(10-18)29(31,32)33)16-38(25(22)39)21-6-3-5-20(11-21)28(12-19(13-28)14-30)26-36-35-17-37(26)2/h3,5-6,9-11,17,19,34H,4,7-8,12-16H2,1-2H3. The topological polar surface area (TPSA) is 63.1 Å².